The second kappa shape index (κ2) is 3.72. The fraction of sp³-hybridized carbons (Fsp3) is 0.857. The Hall–Kier alpha value is -1.06. The fourth-order valence-corrected chi connectivity index (χ4v) is 4.57. The second-order valence-corrected chi connectivity index (χ2v) is 6.27. The topological polar surface area (TPSA) is 52.6 Å². The predicted octanol–water partition coefficient (Wildman–Crippen LogP) is 1.67. The van der Waals surface area contributed by atoms with Crippen LogP contribution in [0.1, 0.15) is 38.5 Å². The van der Waals surface area contributed by atoms with Gasteiger partial charge in [0.1, 0.15) is 12.2 Å². The third-order valence-electron chi connectivity index (χ3n) is 5.34. The molecule has 5 unspecified atom stereocenters. The van der Waals surface area contributed by atoms with Gasteiger partial charge in [-0.1, -0.05) is 0 Å². The molecular formula is C14H18O4. The third kappa shape index (κ3) is 1.38. The van der Waals surface area contributed by atoms with Crippen LogP contribution in [0.4, 0.5) is 0 Å². The summed E-state index contributed by atoms with van der Waals surface area (Å²) >= 11 is 0. The van der Waals surface area contributed by atoms with E-state index in [9.17, 15) is 9.59 Å². The average molecular weight is 250 g/mol. The summed E-state index contributed by atoms with van der Waals surface area (Å²) in [5.74, 6) is -0.0615. The van der Waals surface area contributed by atoms with E-state index in [1.807, 2.05) is 0 Å². The van der Waals surface area contributed by atoms with Gasteiger partial charge in [-0.15, -0.1) is 0 Å². The molecular weight excluding hydrogens is 232 g/mol. The van der Waals surface area contributed by atoms with Crippen LogP contribution in [0.5, 0.6) is 0 Å². The van der Waals surface area contributed by atoms with Crippen LogP contribution in [0.15, 0.2) is 0 Å². The summed E-state index contributed by atoms with van der Waals surface area (Å²) < 4.78 is 10.9. The number of carbonyl (C=O) groups excluding carboxylic acids is 2. The molecule has 0 amide bonds. The Labute approximate surface area is 106 Å². The Morgan fingerprint density at radius 2 is 2.00 bits per heavy atom. The van der Waals surface area contributed by atoms with Gasteiger partial charge in [0.05, 0.1) is 11.8 Å². The van der Waals surface area contributed by atoms with Crippen molar-refractivity contribution in [3.63, 3.8) is 0 Å². The smallest absolute Gasteiger partial charge is 0.310 e. The molecule has 4 nitrogen and oxygen atoms in total. The molecule has 18 heavy (non-hydrogen) atoms. The van der Waals surface area contributed by atoms with Gasteiger partial charge < -0.3 is 9.47 Å². The van der Waals surface area contributed by atoms with Crippen molar-refractivity contribution < 1.29 is 19.1 Å². The summed E-state index contributed by atoms with van der Waals surface area (Å²) in [5.41, 5.74) is 0. The quantitative estimate of drug-likeness (QED) is 0.699. The highest BCUT2D eigenvalue weighted by atomic mass is 16.6. The van der Waals surface area contributed by atoms with Gasteiger partial charge in [0.2, 0.25) is 0 Å². The lowest BCUT2D eigenvalue weighted by Gasteiger charge is -2.24. The van der Waals surface area contributed by atoms with Crippen molar-refractivity contribution in [2.24, 2.45) is 23.7 Å². The maximum Gasteiger partial charge on any atom is 0.310 e. The minimum atomic E-state index is -0.207. The summed E-state index contributed by atoms with van der Waals surface area (Å²) in [5, 5.41) is 0. The number of esters is 2. The summed E-state index contributed by atoms with van der Waals surface area (Å²) in [6, 6.07) is 0. The first kappa shape index (κ1) is 10.8. The molecule has 4 fully saturated rings. The highest BCUT2D eigenvalue weighted by molar-refractivity contribution is 5.85. The number of fused-ring (bicyclic) bond motifs is 1. The van der Waals surface area contributed by atoms with Crippen LogP contribution in [0.2, 0.25) is 0 Å². The summed E-state index contributed by atoms with van der Waals surface area (Å²) in [7, 11) is 0. The van der Waals surface area contributed by atoms with Gasteiger partial charge in [0, 0.05) is 5.92 Å². The predicted molar refractivity (Wildman–Crippen MR) is 61.4 cm³/mol. The maximum absolute atomic E-state index is 12.3. The van der Waals surface area contributed by atoms with E-state index in [1.165, 1.54) is 0 Å². The van der Waals surface area contributed by atoms with E-state index in [1.54, 1.807) is 0 Å². The Balaban J connectivity index is 1.51. The lowest BCUT2D eigenvalue weighted by atomic mass is 9.80. The van der Waals surface area contributed by atoms with Crippen molar-refractivity contribution in [2.75, 3.05) is 0 Å². The number of ether oxygens (including phenoxy) is 2. The molecule has 2 bridgehead atoms. The van der Waals surface area contributed by atoms with E-state index in [2.05, 4.69) is 0 Å². The van der Waals surface area contributed by atoms with Crippen LogP contribution in [0, 0.1) is 23.7 Å². The van der Waals surface area contributed by atoms with Crippen LogP contribution in [0.3, 0.4) is 0 Å². The van der Waals surface area contributed by atoms with Gasteiger partial charge in [-0.3, -0.25) is 9.59 Å². The van der Waals surface area contributed by atoms with E-state index in [-0.39, 0.29) is 36.0 Å². The lowest BCUT2D eigenvalue weighted by Crippen LogP contribution is -2.35. The zero-order valence-corrected chi connectivity index (χ0v) is 10.3. The van der Waals surface area contributed by atoms with Crippen LogP contribution >= 0.6 is 0 Å². The largest absolute Gasteiger partial charge is 0.462 e. The lowest BCUT2D eigenvalue weighted by molar-refractivity contribution is -0.160. The molecule has 4 heteroatoms. The first-order valence-corrected chi connectivity index (χ1v) is 7.15. The average Bonchev–Trinajstić information content (AvgIpc) is 3.02. The second-order valence-electron chi connectivity index (χ2n) is 6.27. The van der Waals surface area contributed by atoms with Crippen molar-refractivity contribution >= 4 is 11.9 Å². The molecule has 0 aromatic heterocycles. The highest BCUT2D eigenvalue weighted by Gasteiger charge is 2.64. The van der Waals surface area contributed by atoms with Crippen molar-refractivity contribution in [1.82, 2.24) is 0 Å². The molecule has 3 aliphatic carbocycles. The molecule has 0 spiro atoms. The third-order valence-corrected chi connectivity index (χ3v) is 5.34. The zero-order valence-electron chi connectivity index (χ0n) is 10.3. The van der Waals surface area contributed by atoms with E-state index in [0.29, 0.717) is 11.8 Å². The normalized spacial score (nSPS) is 45.6. The molecule has 0 radical (unpaired) electrons. The van der Waals surface area contributed by atoms with Gasteiger partial charge >= 0.3 is 11.9 Å². The van der Waals surface area contributed by atoms with Crippen molar-refractivity contribution in [1.29, 1.82) is 0 Å². The van der Waals surface area contributed by atoms with Crippen molar-refractivity contribution in [2.45, 2.75) is 50.7 Å². The fourth-order valence-electron chi connectivity index (χ4n) is 4.57. The van der Waals surface area contributed by atoms with Gasteiger partial charge in [0.25, 0.3) is 0 Å². The summed E-state index contributed by atoms with van der Waals surface area (Å²) in [6.07, 6.45) is 6.34. The van der Waals surface area contributed by atoms with Crippen molar-refractivity contribution in [3.05, 3.63) is 0 Å². The molecule has 0 aromatic rings. The van der Waals surface area contributed by atoms with Gasteiger partial charge in [0.15, 0.2) is 0 Å². The Morgan fingerprint density at radius 1 is 1.22 bits per heavy atom. The first-order chi connectivity index (χ1) is 8.74. The Morgan fingerprint density at radius 3 is 2.78 bits per heavy atom. The number of rotatable bonds is 2. The van der Waals surface area contributed by atoms with Crippen molar-refractivity contribution in [3.8, 4) is 0 Å². The SMILES string of the molecule is O=C(OC1CCCC1)C1C2CC3OC(=O)C1C3C2. The molecule has 98 valence electrons. The van der Waals surface area contributed by atoms with E-state index >= 15 is 0 Å². The van der Waals surface area contributed by atoms with Gasteiger partial charge in [-0.2, -0.15) is 0 Å². The molecule has 4 aliphatic rings. The van der Waals surface area contributed by atoms with E-state index in [4.69, 9.17) is 9.47 Å². The first-order valence-electron chi connectivity index (χ1n) is 7.15. The number of carbonyl (C=O) groups is 2. The summed E-state index contributed by atoms with van der Waals surface area (Å²) in [6.45, 7) is 0. The molecule has 3 saturated carbocycles. The van der Waals surface area contributed by atoms with Crippen LogP contribution < -0.4 is 0 Å². The van der Waals surface area contributed by atoms with Gasteiger partial charge in [-0.25, -0.2) is 0 Å². The standard InChI is InChI=1S/C14H18O4/c15-13(17-8-3-1-2-4-8)11-7-5-9-10(6-7)18-14(16)12(9)11/h7-12H,1-6H2. The molecule has 0 aromatic carbocycles. The van der Waals surface area contributed by atoms with E-state index < -0.39 is 0 Å². The Kier molecular flexibility index (Phi) is 2.24. The molecule has 5 atom stereocenters. The molecule has 1 saturated heterocycles. The highest BCUT2D eigenvalue weighted by Crippen LogP contribution is 2.58. The summed E-state index contributed by atoms with van der Waals surface area (Å²) in [4.78, 5) is 24.1. The maximum atomic E-state index is 12.3. The molecule has 0 N–H and O–H groups in total. The minimum absolute atomic E-state index is 0.100. The molecule has 1 aliphatic heterocycles. The molecule has 4 rings (SSSR count). The molecule has 1 heterocycles. The zero-order chi connectivity index (χ0) is 12.3. The monoisotopic (exact) mass is 250 g/mol. The number of hydrogen-bond donors (Lipinski definition) is 0. The number of hydrogen-bond acceptors (Lipinski definition) is 4. The van der Waals surface area contributed by atoms with Crippen LogP contribution in [0.25, 0.3) is 0 Å². The van der Waals surface area contributed by atoms with Crippen LogP contribution in [-0.4, -0.2) is 24.1 Å². The van der Waals surface area contributed by atoms with E-state index in [0.717, 1.165) is 38.5 Å². The minimum Gasteiger partial charge on any atom is -0.462 e. The van der Waals surface area contributed by atoms with Crippen LogP contribution in [-0.2, 0) is 19.1 Å². The Bertz CT molecular complexity index is 397. The van der Waals surface area contributed by atoms with Gasteiger partial charge in [-0.05, 0) is 44.4 Å².